The highest BCUT2D eigenvalue weighted by Crippen LogP contribution is 2.35. The molecule has 1 saturated heterocycles. The SMILES string of the molecule is CCCOC(=O)CN1C(=O)C(=Cc2ccc(OCc3ccc(Cl)cc3Cl)c(OC)c2)SC1=S. The van der Waals surface area contributed by atoms with Crippen LogP contribution in [-0.2, 0) is 20.9 Å². The number of amides is 1. The average Bonchev–Trinajstić information content (AvgIpc) is 3.04. The molecule has 10 heteroatoms. The van der Waals surface area contributed by atoms with Gasteiger partial charge in [-0.3, -0.25) is 14.5 Å². The van der Waals surface area contributed by atoms with Crippen molar-refractivity contribution in [2.24, 2.45) is 0 Å². The Morgan fingerprint density at radius 2 is 1.97 bits per heavy atom. The summed E-state index contributed by atoms with van der Waals surface area (Å²) in [5.41, 5.74) is 1.51. The standard InChI is InChI=1S/C23H21Cl2NO5S2/c1-3-8-30-21(27)12-26-22(28)20(33-23(26)32)10-14-4-7-18(19(9-14)29-2)31-13-15-5-6-16(24)11-17(15)25/h4-7,9-11H,3,8,12-13H2,1-2H3. The summed E-state index contributed by atoms with van der Waals surface area (Å²) in [6.45, 7) is 2.23. The molecule has 33 heavy (non-hydrogen) atoms. The van der Waals surface area contributed by atoms with Gasteiger partial charge in [-0.15, -0.1) is 0 Å². The first-order valence-corrected chi connectivity index (χ1v) is 12.0. The minimum absolute atomic E-state index is 0.203. The molecule has 174 valence electrons. The Morgan fingerprint density at radius 1 is 1.18 bits per heavy atom. The summed E-state index contributed by atoms with van der Waals surface area (Å²) in [7, 11) is 1.53. The topological polar surface area (TPSA) is 65.1 Å². The lowest BCUT2D eigenvalue weighted by Gasteiger charge is -2.13. The van der Waals surface area contributed by atoms with Crippen molar-refractivity contribution < 1.29 is 23.8 Å². The molecule has 1 amide bonds. The summed E-state index contributed by atoms with van der Waals surface area (Å²) in [5.74, 6) is 0.188. The monoisotopic (exact) mass is 525 g/mol. The molecule has 1 aliphatic heterocycles. The van der Waals surface area contributed by atoms with Gasteiger partial charge in [-0.2, -0.15) is 0 Å². The van der Waals surface area contributed by atoms with Gasteiger partial charge in [0.1, 0.15) is 17.5 Å². The predicted molar refractivity (Wildman–Crippen MR) is 135 cm³/mol. The summed E-state index contributed by atoms with van der Waals surface area (Å²) < 4.78 is 16.7. The minimum atomic E-state index is -0.488. The van der Waals surface area contributed by atoms with Gasteiger partial charge in [-0.05, 0) is 42.3 Å². The number of halogens is 2. The van der Waals surface area contributed by atoms with Gasteiger partial charge in [0.05, 0.1) is 18.6 Å². The number of benzene rings is 2. The highest BCUT2D eigenvalue weighted by molar-refractivity contribution is 8.26. The van der Waals surface area contributed by atoms with Crippen LogP contribution >= 0.6 is 47.2 Å². The van der Waals surface area contributed by atoms with Gasteiger partial charge in [0, 0.05) is 15.6 Å². The number of ether oxygens (including phenoxy) is 3. The second-order valence-electron chi connectivity index (χ2n) is 6.92. The first-order chi connectivity index (χ1) is 15.8. The number of carbonyl (C=O) groups is 2. The molecule has 0 saturated carbocycles. The first-order valence-electron chi connectivity index (χ1n) is 9.98. The van der Waals surface area contributed by atoms with E-state index in [1.807, 2.05) is 6.92 Å². The molecule has 0 unspecified atom stereocenters. The largest absolute Gasteiger partial charge is 0.493 e. The number of nitrogens with zero attached hydrogens (tertiary/aromatic N) is 1. The van der Waals surface area contributed by atoms with Crippen LogP contribution in [0.3, 0.4) is 0 Å². The fourth-order valence-corrected chi connectivity index (χ4v) is 4.58. The van der Waals surface area contributed by atoms with Gasteiger partial charge in [-0.25, -0.2) is 0 Å². The van der Waals surface area contributed by atoms with Crippen molar-refractivity contribution in [3.63, 3.8) is 0 Å². The Bertz CT molecular complexity index is 1110. The molecule has 0 N–H and O–H groups in total. The number of thiocarbonyl (C=S) groups is 1. The van der Waals surface area contributed by atoms with Gasteiger partial charge >= 0.3 is 5.97 Å². The normalized spacial score (nSPS) is 14.7. The van der Waals surface area contributed by atoms with Crippen molar-refractivity contribution in [2.75, 3.05) is 20.3 Å². The number of methoxy groups -OCH3 is 1. The van der Waals surface area contributed by atoms with Crippen LogP contribution < -0.4 is 9.47 Å². The van der Waals surface area contributed by atoms with Gasteiger partial charge in [0.15, 0.2) is 11.5 Å². The van der Waals surface area contributed by atoms with Gasteiger partial charge in [0.2, 0.25) is 0 Å². The van der Waals surface area contributed by atoms with E-state index >= 15 is 0 Å². The summed E-state index contributed by atoms with van der Waals surface area (Å²) in [5, 5.41) is 1.06. The lowest BCUT2D eigenvalue weighted by atomic mass is 10.1. The van der Waals surface area contributed by atoms with E-state index in [9.17, 15) is 9.59 Å². The van der Waals surface area contributed by atoms with E-state index in [0.717, 1.165) is 22.9 Å². The number of rotatable bonds is 9. The Morgan fingerprint density at radius 3 is 2.67 bits per heavy atom. The second-order valence-corrected chi connectivity index (χ2v) is 9.44. The van der Waals surface area contributed by atoms with E-state index in [2.05, 4.69) is 0 Å². The third kappa shape index (κ3) is 6.63. The van der Waals surface area contributed by atoms with E-state index in [-0.39, 0.29) is 19.1 Å². The van der Waals surface area contributed by atoms with Gasteiger partial charge < -0.3 is 14.2 Å². The van der Waals surface area contributed by atoms with E-state index in [4.69, 9.17) is 49.6 Å². The predicted octanol–water partition coefficient (Wildman–Crippen LogP) is 5.74. The van der Waals surface area contributed by atoms with Crippen molar-refractivity contribution in [1.82, 2.24) is 4.90 Å². The van der Waals surface area contributed by atoms with Crippen molar-refractivity contribution in [3.8, 4) is 11.5 Å². The third-order valence-corrected chi connectivity index (χ3v) is 6.48. The van der Waals surface area contributed by atoms with Crippen LogP contribution in [0.15, 0.2) is 41.3 Å². The highest BCUT2D eigenvalue weighted by Gasteiger charge is 2.33. The number of carbonyl (C=O) groups excluding carboxylic acids is 2. The van der Waals surface area contributed by atoms with Crippen LogP contribution in [0.1, 0.15) is 24.5 Å². The van der Waals surface area contributed by atoms with Crippen molar-refractivity contribution in [3.05, 3.63) is 62.5 Å². The van der Waals surface area contributed by atoms with Gasteiger partial charge in [-0.1, -0.05) is 66.2 Å². The molecule has 0 radical (unpaired) electrons. The lowest BCUT2D eigenvalue weighted by Crippen LogP contribution is -2.34. The number of esters is 1. The number of hydrogen-bond donors (Lipinski definition) is 0. The van der Waals surface area contributed by atoms with Crippen molar-refractivity contribution >= 4 is 69.5 Å². The molecular formula is C23H21Cl2NO5S2. The molecule has 0 aromatic heterocycles. The molecule has 0 atom stereocenters. The van der Waals surface area contributed by atoms with E-state index < -0.39 is 5.97 Å². The molecule has 3 rings (SSSR count). The van der Waals surface area contributed by atoms with Crippen molar-refractivity contribution in [1.29, 1.82) is 0 Å². The second kappa shape index (κ2) is 11.7. The minimum Gasteiger partial charge on any atom is -0.493 e. The summed E-state index contributed by atoms with van der Waals surface area (Å²) in [4.78, 5) is 26.3. The van der Waals surface area contributed by atoms with Crippen LogP contribution in [0.25, 0.3) is 6.08 Å². The summed E-state index contributed by atoms with van der Waals surface area (Å²) in [6, 6.07) is 10.5. The van der Waals surface area contributed by atoms with E-state index in [0.29, 0.717) is 43.8 Å². The fourth-order valence-electron chi connectivity index (χ4n) is 2.87. The number of hydrogen-bond acceptors (Lipinski definition) is 7. The molecule has 0 aliphatic carbocycles. The fraction of sp³-hybridized carbons (Fsp3) is 0.261. The van der Waals surface area contributed by atoms with Crippen LogP contribution in [0, 0.1) is 0 Å². The van der Waals surface area contributed by atoms with E-state index in [1.54, 1.807) is 42.5 Å². The van der Waals surface area contributed by atoms with Crippen LogP contribution in [0.2, 0.25) is 10.0 Å². The molecule has 1 heterocycles. The Kier molecular flexibility index (Phi) is 9.02. The van der Waals surface area contributed by atoms with Crippen LogP contribution in [0.5, 0.6) is 11.5 Å². The van der Waals surface area contributed by atoms with Gasteiger partial charge in [0.25, 0.3) is 5.91 Å². The Labute approximate surface area is 211 Å². The zero-order valence-electron chi connectivity index (χ0n) is 17.9. The summed E-state index contributed by atoms with van der Waals surface area (Å²) in [6.07, 6.45) is 2.40. The quantitative estimate of drug-likeness (QED) is 0.235. The average molecular weight is 526 g/mol. The Hall–Kier alpha value is -2.26. The number of thioether (sulfide) groups is 1. The highest BCUT2D eigenvalue weighted by atomic mass is 35.5. The first kappa shape index (κ1) is 25.4. The van der Waals surface area contributed by atoms with Crippen molar-refractivity contribution in [2.45, 2.75) is 20.0 Å². The zero-order valence-corrected chi connectivity index (χ0v) is 21.1. The maximum atomic E-state index is 12.7. The van der Waals surface area contributed by atoms with E-state index in [1.165, 1.54) is 12.0 Å². The molecule has 1 aliphatic rings. The molecular weight excluding hydrogens is 505 g/mol. The molecule has 2 aromatic rings. The lowest BCUT2D eigenvalue weighted by molar-refractivity contribution is -0.146. The molecule has 0 bridgehead atoms. The maximum absolute atomic E-state index is 12.7. The third-order valence-electron chi connectivity index (χ3n) is 4.51. The molecule has 6 nitrogen and oxygen atoms in total. The molecule has 1 fully saturated rings. The Balaban J connectivity index is 1.71. The molecule has 2 aromatic carbocycles. The zero-order chi connectivity index (χ0) is 24.0. The van der Waals surface area contributed by atoms with Crippen LogP contribution in [0.4, 0.5) is 0 Å². The smallest absolute Gasteiger partial charge is 0.326 e. The maximum Gasteiger partial charge on any atom is 0.326 e. The van der Waals surface area contributed by atoms with Crippen LogP contribution in [-0.4, -0.2) is 41.4 Å². The summed E-state index contributed by atoms with van der Waals surface area (Å²) >= 11 is 18.5. The molecule has 0 spiro atoms.